The van der Waals surface area contributed by atoms with Crippen molar-refractivity contribution in [3.8, 4) is 0 Å². The molecule has 0 radical (unpaired) electrons. The molecule has 0 aliphatic heterocycles. The number of hydrogen-bond donors (Lipinski definition) is 1. The van der Waals surface area contributed by atoms with E-state index in [0.717, 1.165) is 18.1 Å². The Labute approximate surface area is 107 Å². The third-order valence-corrected chi connectivity index (χ3v) is 2.71. The van der Waals surface area contributed by atoms with Crippen LogP contribution in [0.1, 0.15) is 16.7 Å². The number of halogens is 1. The number of aromatic nitrogens is 1. The Kier molecular flexibility index (Phi) is 4.13. The molecule has 88 valence electrons. The fourth-order valence-corrected chi connectivity index (χ4v) is 1.93. The van der Waals surface area contributed by atoms with Crippen LogP contribution in [-0.2, 0) is 13.1 Å². The third-order valence-electron chi connectivity index (χ3n) is 2.48. The zero-order valence-corrected chi connectivity index (χ0v) is 10.5. The second kappa shape index (κ2) is 5.80. The molecular formula is C14H15ClN2. The molecule has 1 aromatic carbocycles. The van der Waals surface area contributed by atoms with Gasteiger partial charge in [-0.3, -0.25) is 4.98 Å². The van der Waals surface area contributed by atoms with Crippen LogP contribution in [0.2, 0.25) is 5.02 Å². The molecule has 0 aliphatic rings. The maximum absolute atomic E-state index is 5.92. The van der Waals surface area contributed by atoms with Crippen molar-refractivity contribution in [3.05, 3.63) is 64.4 Å². The number of hydrogen-bond acceptors (Lipinski definition) is 2. The molecule has 1 N–H and O–H groups in total. The van der Waals surface area contributed by atoms with E-state index in [1.54, 1.807) is 0 Å². The summed E-state index contributed by atoms with van der Waals surface area (Å²) >= 11 is 5.92. The van der Waals surface area contributed by atoms with Gasteiger partial charge >= 0.3 is 0 Å². The molecule has 0 aliphatic carbocycles. The quantitative estimate of drug-likeness (QED) is 0.895. The summed E-state index contributed by atoms with van der Waals surface area (Å²) in [5.41, 5.74) is 3.58. The van der Waals surface area contributed by atoms with Crippen molar-refractivity contribution < 1.29 is 0 Å². The Balaban J connectivity index is 1.87. The van der Waals surface area contributed by atoms with E-state index >= 15 is 0 Å². The highest BCUT2D eigenvalue weighted by Gasteiger charge is 1.96. The van der Waals surface area contributed by atoms with Crippen LogP contribution in [-0.4, -0.2) is 4.98 Å². The molecule has 2 aromatic rings. The van der Waals surface area contributed by atoms with Crippen LogP contribution < -0.4 is 5.32 Å². The lowest BCUT2D eigenvalue weighted by Gasteiger charge is -2.05. The molecule has 2 nitrogen and oxygen atoms in total. The molecule has 0 atom stereocenters. The normalized spacial score (nSPS) is 10.5. The van der Waals surface area contributed by atoms with Crippen LogP contribution in [0.25, 0.3) is 0 Å². The molecule has 0 saturated heterocycles. The average Bonchev–Trinajstić information content (AvgIpc) is 2.29. The summed E-state index contributed by atoms with van der Waals surface area (Å²) < 4.78 is 0. The van der Waals surface area contributed by atoms with Gasteiger partial charge in [-0.1, -0.05) is 29.8 Å². The number of nitrogens with zero attached hydrogens (tertiary/aromatic N) is 1. The van der Waals surface area contributed by atoms with Crippen molar-refractivity contribution in [1.29, 1.82) is 0 Å². The van der Waals surface area contributed by atoms with E-state index in [1.807, 2.05) is 37.5 Å². The largest absolute Gasteiger partial charge is 0.309 e. The average molecular weight is 247 g/mol. The first-order valence-electron chi connectivity index (χ1n) is 5.60. The SMILES string of the molecule is Cc1cncc(CNCc2cccc(Cl)c2)c1. The molecule has 0 amide bonds. The van der Waals surface area contributed by atoms with E-state index in [-0.39, 0.29) is 0 Å². The van der Waals surface area contributed by atoms with E-state index in [0.29, 0.717) is 0 Å². The van der Waals surface area contributed by atoms with Crippen LogP contribution in [0, 0.1) is 6.92 Å². The fourth-order valence-electron chi connectivity index (χ4n) is 1.71. The summed E-state index contributed by atoms with van der Waals surface area (Å²) in [6, 6.07) is 10.0. The topological polar surface area (TPSA) is 24.9 Å². The first-order chi connectivity index (χ1) is 8.24. The number of pyridine rings is 1. The molecule has 0 bridgehead atoms. The molecule has 0 spiro atoms. The van der Waals surface area contributed by atoms with Crippen molar-refractivity contribution in [2.24, 2.45) is 0 Å². The van der Waals surface area contributed by atoms with Crippen LogP contribution in [0.3, 0.4) is 0 Å². The van der Waals surface area contributed by atoms with Gasteiger partial charge < -0.3 is 5.32 Å². The highest BCUT2D eigenvalue weighted by Crippen LogP contribution is 2.10. The molecular weight excluding hydrogens is 232 g/mol. The minimum Gasteiger partial charge on any atom is -0.309 e. The van der Waals surface area contributed by atoms with Crippen molar-refractivity contribution in [1.82, 2.24) is 10.3 Å². The molecule has 3 heteroatoms. The van der Waals surface area contributed by atoms with Gasteiger partial charge in [0.1, 0.15) is 0 Å². The van der Waals surface area contributed by atoms with E-state index in [1.165, 1.54) is 16.7 Å². The van der Waals surface area contributed by atoms with Gasteiger partial charge in [0, 0.05) is 30.5 Å². The highest BCUT2D eigenvalue weighted by atomic mass is 35.5. The number of benzene rings is 1. The summed E-state index contributed by atoms with van der Waals surface area (Å²) in [5, 5.41) is 4.15. The van der Waals surface area contributed by atoms with Crippen LogP contribution in [0.4, 0.5) is 0 Å². The standard InChI is InChI=1S/C14H15ClN2/c1-11-5-13(9-16-7-11)10-17-8-12-3-2-4-14(15)6-12/h2-7,9,17H,8,10H2,1H3. The van der Waals surface area contributed by atoms with Gasteiger partial charge in [0.2, 0.25) is 0 Å². The van der Waals surface area contributed by atoms with Crippen LogP contribution >= 0.6 is 11.6 Å². The Morgan fingerprint density at radius 1 is 1.12 bits per heavy atom. The number of nitrogens with one attached hydrogen (secondary N) is 1. The summed E-state index contributed by atoms with van der Waals surface area (Å²) in [6.45, 7) is 3.68. The zero-order valence-electron chi connectivity index (χ0n) is 9.78. The third kappa shape index (κ3) is 3.84. The fraction of sp³-hybridized carbons (Fsp3) is 0.214. The van der Waals surface area contributed by atoms with E-state index in [4.69, 9.17) is 11.6 Å². The molecule has 0 fully saturated rings. The Hall–Kier alpha value is -1.38. The lowest BCUT2D eigenvalue weighted by molar-refractivity contribution is 0.691. The molecule has 2 rings (SSSR count). The summed E-state index contributed by atoms with van der Waals surface area (Å²) in [4.78, 5) is 4.16. The molecule has 1 aromatic heterocycles. The lowest BCUT2D eigenvalue weighted by atomic mass is 10.2. The summed E-state index contributed by atoms with van der Waals surface area (Å²) in [6.07, 6.45) is 3.75. The van der Waals surface area contributed by atoms with Gasteiger partial charge in [0.25, 0.3) is 0 Å². The van der Waals surface area contributed by atoms with E-state index in [9.17, 15) is 0 Å². The zero-order chi connectivity index (χ0) is 12.1. The van der Waals surface area contributed by atoms with E-state index < -0.39 is 0 Å². The maximum Gasteiger partial charge on any atom is 0.0409 e. The van der Waals surface area contributed by atoms with Crippen molar-refractivity contribution in [3.63, 3.8) is 0 Å². The van der Waals surface area contributed by atoms with Crippen LogP contribution in [0.5, 0.6) is 0 Å². The van der Waals surface area contributed by atoms with Crippen molar-refractivity contribution in [2.45, 2.75) is 20.0 Å². The van der Waals surface area contributed by atoms with Crippen molar-refractivity contribution >= 4 is 11.6 Å². The monoisotopic (exact) mass is 246 g/mol. The maximum atomic E-state index is 5.92. The number of aryl methyl sites for hydroxylation is 1. The second-order valence-corrected chi connectivity index (χ2v) is 4.54. The Morgan fingerprint density at radius 2 is 1.94 bits per heavy atom. The van der Waals surface area contributed by atoms with Gasteiger partial charge in [-0.25, -0.2) is 0 Å². The van der Waals surface area contributed by atoms with E-state index in [2.05, 4.69) is 22.4 Å². The van der Waals surface area contributed by atoms with Gasteiger partial charge in [0.15, 0.2) is 0 Å². The Morgan fingerprint density at radius 3 is 2.71 bits per heavy atom. The second-order valence-electron chi connectivity index (χ2n) is 4.10. The lowest BCUT2D eigenvalue weighted by Crippen LogP contribution is -2.12. The summed E-state index contributed by atoms with van der Waals surface area (Å²) in [5.74, 6) is 0. The Bertz CT molecular complexity index is 452. The van der Waals surface area contributed by atoms with Gasteiger partial charge in [-0.15, -0.1) is 0 Å². The first kappa shape index (κ1) is 12.1. The van der Waals surface area contributed by atoms with Crippen LogP contribution in [0.15, 0.2) is 42.7 Å². The molecule has 0 unspecified atom stereocenters. The molecule has 1 heterocycles. The van der Waals surface area contributed by atoms with Crippen molar-refractivity contribution in [2.75, 3.05) is 0 Å². The smallest absolute Gasteiger partial charge is 0.0409 e. The predicted molar refractivity (Wildman–Crippen MR) is 71.0 cm³/mol. The first-order valence-corrected chi connectivity index (χ1v) is 5.97. The van der Waals surface area contributed by atoms with Gasteiger partial charge in [-0.2, -0.15) is 0 Å². The molecule has 0 saturated carbocycles. The minimum absolute atomic E-state index is 0.779. The van der Waals surface area contributed by atoms with Gasteiger partial charge in [-0.05, 0) is 35.7 Å². The highest BCUT2D eigenvalue weighted by molar-refractivity contribution is 6.30. The summed E-state index contributed by atoms with van der Waals surface area (Å²) in [7, 11) is 0. The predicted octanol–water partition coefficient (Wildman–Crippen LogP) is 3.33. The molecule has 17 heavy (non-hydrogen) atoms. The number of rotatable bonds is 4. The minimum atomic E-state index is 0.779. The van der Waals surface area contributed by atoms with Gasteiger partial charge in [0.05, 0.1) is 0 Å².